The molecule has 98 heavy (non-hydrogen) atoms. The van der Waals surface area contributed by atoms with Crippen LogP contribution in [0.5, 0.6) is 0 Å². The Morgan fingerprint density at radius 3 is 1.64 bits per heavy atom. The number of hydrogen-bond donors (Lipinski definition) is 16. The third-order valence-electron chi connectivity index (χ3n) is 23.8. The SMILES string of the molecule is CC1OC(OC2C(OC3C(O)C(C)OC(O[C@H]4CC5C(=CC[C@@]6(C)C5CCC6[C@@](C)(O)[C@@H]5OC5[C@@H](C)C(C)C)[C@@]5(C)CC[C@H](OS(=O)(=O)[O-])C[C@H]45)C3O)OCC(OC3OC(CO)C(OC4OC(CO)C(O)C(O)C4O)C(O)C3OC3OC(C)C(O)C(O)C3O)C2O)C(O)C(O)C1O.[Na+]. The number of aliphatic hydroxyl groups is 16. The van der Waals surface area contributed by atoms with Crippen molar-refractivity contribution in [3.8, 4) is 0 Å². The van der Waals surface area contributed by atoms with Crippen molar-refractivity contribution in [1.29, 1.82) is 0 Å². The Labute approximate surface area is 590 Å². The molecule has 33 unspecified atom stereocenters. The fourth-order valence-corrected chi connectivity index (χ4v) is 18.2. The van der Waals surface area contributed by atoms with Gasteiger partial charge in [0.2, 0.25) is 10.4 Å². The molecule has 0 aromatic carbocycles. The first-order chi connectivity index (χ1) is 45.4. The number of rotatable bonds is 20. The van der Waals surface area contributed by atoms with Gasteiger partial charge in [-0.25, -0.2) is 8.42 Å². The van der Waals surface area contributed by atoms with E-state index in [1.165, 1.54) is 20.8 Å². The summed E-state index contributed by atoms with van der Waals surface area (Å²) in [6, 6.07) is 0. The van der Waals surface area contributed by atoms with Crippen LogP contribution >= 0.6 is 0 Å². The van der Waals surface area contributed by atoms with Crippen molar-refractivity contribution < 1.29 is 190 Å². The normalized spacial score (nSPS) is 53.1. The van der Waals surface area contributed by atoms with Crippen LogP contribution in [0.15, 0.2) is 11.6 Å². The number of allylic oxidation sites excluding steroid dienone is 2. The van der Waals surface area contributed by atoms with Gasteiger partial charge in [0.25, 0.3) is 0 Å². The maximum atomic E-state index is 12.6. The largest absolute Gasteiger partial charge is 1.00 e. The first-order valence-electron chi connectivity index (χ1n) is 34.1. The molecule has 41 atom stereocenters. The van der Waals surface area contributed by atoms with Crippen LogP contribution in [0.4, 0.5) is 0 Å². The molecule has 560 valence electrons. The van der Waals surface area contributed by atoms with E-state index in [1.807, 2.05) is 6.92 Å². The molecule has 0 spiro atoms. The second-order valence-corrected chi connectivity index (χ2v) is 31.1. The van der Waals surface area contributed by atoms with Crippen LogP contribution in [0, 0.1) is 46.3 Å². The summed E-state index contributed by atoms with van der Waals surface area (Å²) in [6.45, 7) is 14.0. The molecule has 33 nitrogen and oxygen atoms in total. The minimum atomic E-state index is -5.16. The van der Waals surface area contributed by atoms with Crippen molar-refractivity contribution >= 4 is 10.4 Å². The predicted molar refractivity (Wildman–Crippen MR) is 320 cm³/mol. The molecule has 0 aromatic rings. The molecule has 3 saturated carbocycles. The first-order valence-corrected chi connectivity index (χ1v) is 35.4. The summed E-state index contributed by atoms with van der Waals surface area (Å²) < 4.78 is 121. The standard InChI is InChI=1S/C63H104O33S.Na/c1-21(2)22(3)49-54(91-49)63(9,79)35-11-10-28-27-17-31(30-16-26(96-97(80,81)82)12-14-61(30,7)29(27)13-15-62(28,35)8)87-58-48(78)51(38(68)25(6)86-58)93-59-52(94-55-44(74)41(71)36(66)23(4)84-55)40(70)34(20-83-59)90-60-53(95-56-45(75)42(72)37(67)24(5)85-56)47(77)50(33(19-65)89-60)92-57-46(76)43(73)39(69)32(18-64)88-57;/h13,21-28,30-60,64-79H,10-12,14-20H2,1-9H3,(H,80,81,82);/q;+1/p-1/t22-,23?,24?,25?,26-,27?,28?,30+,31-,32?,33?,34?,35?,36?,37?,38?,39?,40?,41?,42?,43?,44?,45?,46?,47?,48?,49?,50?,51?,52?,53?,54+,55?,56?,57?,58?,59?,60?,61+,62-,63+;/m0./s1. The second kappa shape index (κ2) is 31.0. The molecule has 0 aromatic heterocycles. The van der Waals surface area contributed by atoms with Crippen LogP contribution in [-0.2, 0) is 76.2 Å². The molecule has 11 aliphatic rings. The summed E-state index contributed by atoms with van der Waals surface area (Å²) in [6.07, 6.45) is -49.5. The Balaban J connectivity index is 0.0000104. The van der Waals surface area contributed by atoms with Gasteiger partial charge in [0.15, 0.2) is 37.7 Å². The molecular formula is C63H103NaO33S. The van der Waals surface area contributed by atoms with Crippen molar-refractivity contribution in [2.45, 2.75) is 315 Å². The molecule has 10 fully saturated rings. The molecule has 7 saturated heterocycles. The first kappa shape index (κ1) is 80.0. The van der Waals surface area contributed by atoms with Gasteiger partial charge in [-0.3, -0.25) is 4.18 Å². The molecule has 0 radical (unpaired) electrons. The minimum Gasteiger partial charge on any atom is -0.726 e. The van der Waals surface area contributed by atoms with Crippen molar-refractivity contribution in [2.24, 2.45) is 46.3 Å². The number of aliphatic hydroxyl groups excluding tert-OH is 15. The van der Waals surface area contributed by atoms with Gasteiger partial charge in [-0.2, -0.15) is 0 Å². The van der Waals surface area contributed by atoms with E-state index >= 15 is 0 Å². The Bertz CT molecular complexity index is 2800. The van der Waals surface area contributed by atoms with Crippen LogP contribution in [-0.4, -0.2) is 323 Å². The van der Waals surface area contributed by atoms with E-state index in [9.17, 15) is 94.7 Å². The smallest absolute Gasteiger partial charge is 0.726 e. The van der Waals surface area contributed by atoms with Gasteiger partial charge in [-0.15, -0.1) is 0 Å². The number of fused-ring (bicyclic) bond motifs is 5. The van der Waals surface area contributed by atoms with E-state index < -0.39 is 243 Å². The predicted octanol–water partition coefficient (Wildman–Crippen LogP) is -8.14. The van der Waals surface area contributed by atoms with E-state index in [0.717, 1.165) is 12.0 Å². The Hall–Kier alpha value is -0.550. The van der Waals surface area contributed by atoms with E-state index in [1.54, 1.807) is 0 Å². The number of ether oxygens (including phenoxy) is 13. The van der Waals surface area contributed by atoms with Crippen LogP contribution in [0.25, 0.3) is 0 Å². The number of epoxide rings is 1. The molecule has 16 N–H and O–H groups in total. The summed E-state index contributed by atoms with van der Waals surface area (Å²) in [5, 5.41) is 180. The van der Waals surface area contributed by atoms with Crippen LogP contribution < -0.4 is 29.6 Å². The topological polar surface area (TPSA) is 513 Å². The zero-order valence-electron chi connectivity index (χ0n) is 56.7. The van der Waals surface area contributed by atoms with Crippen molar-refractivity contribution in [3.63, 3.8) is 0 Å². The molecule has 0 amide bonds. The van der Waals surface area contributed by atoms with E-state index in [4.69, 9.17) is 65.8 Å². The molecule has 4 aliphatic carbocycles. The van der Waals surface area contributed by atoms with Gasteiger partial charge in [-0.1, -0.05) is 46.3 Å². The molecular weight excluding hydrogens is 1340 g/mol. The average Bonchev–Trinajstić information content (AvgIpc) is 1.39. The van der Waals surface area contributed by atoms with Gasteiger partial charge in [0.05, 0.1) is 62.0 Å². The molecule has 35 heteroatoms. The fourth-order valence-electron chi connectivity index (χ4n) is 17.7. The Kier molecular flexibility index (Phi) is 25.3. The van der Waals surface area contributed by atoms with Crippen LogP contribution in [0.3, 0.4) is 0 Å². The van der Waals surface area contributed by atoms with E-state index in [2.05, 4.69) is 40.7 Å². The van der Waals surface area contributed by atoms with Gasteiger partial charge in [-0.05, 0) is 119 Å². The van der Waals surface area contributed by atoms with Crippen LogP contribution in [0.2, 0.25) is 0 Å². The average molecular weight is 1440 g/mol. The van der Waals surface area contributed by atoms with Crippen molar-refractivity contribution in [3.05, 3.63) is 11.6 Å². The molecule has 11 rings (SSSR count). The van der Waals surface area contributed by atoms with Gasteiger partial charge < -0.3 is 148 Å². The third-order valence-corrected chi connectivity index (χ3v) is 24.3. The minimum absolute atomic E-state index is 0. The summed E-state index contributed by atoms with van der Waals surface area (Å²) in [4.78, 5) is 0. The van der Waals surface area contributed by atoms with Crippen molar-refractivity contribution in [2.75, 3.05) is 19.8 Å². The zero-order chi connectivity index (χ0) is 70.8. The third kappa shape index (κ3) is 15.2. The van der Waals surface area contributed by atoms with Crippen LogP contribution in [0.1, 0.15) is 107 Å². The Morgan fingerprint density at radius 2 is 1.07 bits per heavy atom. The molecule has 0 bridgehead atoms. The maximum absolute atomic E-state index is 12.6. The van der Waals surface area contributed by atoms with Gasteiger partial charge in [0.1, 0.15) is 128 Å². The van der Waals surface area contributed by atoms with Gasteiger partial charge in [0, 0.05) is 0 Å². The summed E-state index contributed by atoms with van der Waals surface area (Å²) >= 11 is 0. The molecule has 7 heterocycles. The number of hydrogen-bond acceptors (Lipinski definition) is 33. The van der Waals surface area contributed by atoms with Crippen molar-refractivity contribution in [1.82, 2.24) is 0 Å². The second-order valence-electron chi connectivity index (χ2n) is 30.1. The monoisotopic (exact) mass is 1440 g/mol. The van der Waals surface area contributed by atoms with E-state index in [0.29, 0.717) is 31.6 Å². The fraction of sp³-hybridized carbons (Fsp3) is 0.968. The Morgan fingerprint density at radius 1 is 0.561 bits per heavy atom. The zero-order valence-corrected chi connectivity index (χ0v) is 59.5. The maximum Gasteiger partial charge on any atom is 1.00 e. The molecule has 7 aliphatic heterocycles. The quantitative estimate of drug-likeness (QED) is 0.0177. The summed E-state index contributed by atoms with van der Waals surface area (Å²) in [5.74, 6) is -0.289. The van der Waals surface area contributed by atoms with E-state index in [-0.39, 0.29) is 78.3 Å². The summed E-state index contributed by atoms with van der Waals surface area (Å²) in [5.41, 5.74) is -1.10. The van der Waals surface area contributed by atoms with Gasteiger partial charge >= 0.3 is 29.6 Å². The summed E-state index contributed by atoms with van der Waals surface area (Å²) in [7, 11) is -5.16.